The molecule has 3 nitrogen and oxygen atoms in total. The zero-order chi connectivity index (χ0) is 3.58. The molecule has 0 aromatic heterocycles. The van der Waals surface area contributed by atoms with Gasteiger partial charge in [-0.1, -0.05) is 0 Å². The molecule has 27 valence electrons. The average molecular weight is 232 g/mol. The third kappa shape index (κ3) is 19.6. The van der Waals surface area contributed by atoms with Crippen LogP contribution in [0.4, 0.5) is 0 Å². The van der Waals surface area contributed by atoms with Crippen molar-refractivity contribution in [2.75, 3.05) is 0 Å². The first-order valence-corrected chi connectivity index (χ1v) is 5.79. The molecule has 0 radical (unpaired) electrons. The van der Waals surface area contributed by atoms with E-state index in [1.807, 2.05) is 0 Å². The van der Waals surface area contributed by atoms with Crippen molar-refractivity contribution in [3.63, 3.8) is 0 Å². The van der Waals surface area contributed by atoms with E-state index in [0.29, 0.717) is 0 Å². The summed E-state index contributed by atoms with van der Waals surface area (Å²) in [5, 5.41) is 0. The molecule has 0 saturated carbocycles. The summed E-state index contributed by atoms with van der Waals surface area (Å²) < 4.78 is 14.6. The van der Waals surface area contributed by atoms with Gasteiger partial charge >= 0.3 is 30.9 Å². The van der Waals surface area contributed by atoms with Crippen molar-refractivity contribution in [2.45, 2.75) is 0 Å². The van der Waals surface area contributed by atoms with Gasteiger partial charge in [0.25, 0.3) is 0 Å². The Morgan fingerprint density at radius 3 is 1.00 bits per heavy atom. The van der Waals surface area contributed by atoms with E-state index in [0.717, 1.165) is 0 Å². The molecule has 0 atom stereocenters. The first-order valence-electron chi connectivity index (χ1n) is 0.707. The van der Waals surface area contributed by atoms with Gasteiger partial charge in [-0.25, -0.2) is 0 Å². The van der Waals surface area contributed by atoms with E-state index in [1.54, 1.807) is 0 Å². The van der Waals surface area contributed by atoms with E-state index >= 15 is 0 Å². The summed E-state index contributed by atoms with van der Waals surface area (Å²) >= 11 is -2.03. The maximum atomic E-state index is 4.86. The molecule has 0 aromatic rings. The fourth-order valence-electron chi connectivity index (χ4n) is 0. The van der Waals surface area contributed by atoms with E-state index in [-0.39, 0.29) is 0 Å². The minimum absolute atomic E-state index is 2.03. The van der Waals surface area contributed by atoms with Gasteiger partial charge < -0.3 is 0 Å². The monoisotopic (exact) mass is 232 g/mol. The van der Waals surface area contributed by atoms with Gasteiger partial charge in [0.05, 0.1) is 0 Å². The fourth-order valence-corrected chi connectivity index (χ4v) is 0. The zero-order valence-corrected chi connectivity index (χ0v) is 5.07. The first-order chi connectivity index (χ1) is 1.73. The second-order valence-electron chi connectivity index (χ2n) is 0.408. The molecule has 0 heterocycles. The quantitative estimate of drug-likeness (QED) is 0.462. The van der Waals surface area contributed by atoms with Gasteiger partial charge in [-0.2, -0.15) is 0 Å². The van der Waals surface area contributed by atoms with Crippen LogP contribution in [0.3, 0.4) is 0 Å². The summed E-state index contributed by atoms with van der Waals surface area (Å²) in [5.41, 5.74) is 0. The Balaban J connectivity index is 2.32. The van der Waals surface area contributed by atoms with Crippen LogP contribution in [0.1, 0.15) is 0 Å². The molecule has 6 N–H and O–H groups in total. The molecule has 0 aliphatic carbocycles. The van der Waals surface area contributed by atoms with Gasteiger partial charge in [0.15, 0.2) is 0 Å². The Morgan fingerprint density at radius 2 is 1.00 bits per heavy atom. The van der Waals surface area contributed by atoms with E-state index in [2.05, 4.69) is 0 Å². The SMILES string of the molecule is [NH2][W]([NH2])[NH2]. The van der Waals surface area contributed by atoms with Crippen molar-refractivity contribution in [1.29, 1.82) is 0 Å². The van der Waals surface area contributed by atoms with Crippen LogP contribution >= 0.6 is 0 Å². The molecule has 0 amide bonds. The molecule has 0 bridgehead atoms. The van der Waals surface area contributed by atoms with Crippen molar-refractivity contribution in [2.24, 2.45) is 12.9 Å². The summed E-state index contributed by atoms with van der Waals surface area (Å²) in [5.74, 6) is 0. The maximum absolute atomic E-state index is 4.86. The second-order valence-corrected chi connectivity index (χ2v) is 3.34. The topological polar surface area (TPSA) is 78.1 Å². The van der Waals surface area contributed by atoms with Crippen LogP contribution in [0.15, 0.2) is 0 Å². The minimum atomic E-state index is -2.03. The van der Waals surface area contributed by atoms with Crippen LogP contribution in [0.25, 0.3) is 0 Å². The fraction of sp³-hybridized carbons (Fsp3) is 0. The number of hydrogen-bond acceptors (Lipinski definition) is 3. The van der Waals surface area contributed by atoms with Gasteiger partial charge in [-0.05, 0) is 0 Å². The van der Waals surface area contributed by atoms with Gasteiger partial charge in [0, 0.05) is 0 Å². The van der Waals surface area contributed by atoms with Crippen LogP contribution in [0, 0.1) is 0 Å². The standard InChI is InChI=1S/3H2N.W/h3*1H2;/q3*-1;+3. The van der Waals surface area contributed by atoms with E-state index in [4.69, 9.17) is 12.9 Å². The van der Waals surface area contributed by atoms with E-state index < -0.39 is 18.1 Å². The molecular formula is H6N3W. The number of rotatable bonds is 0. The van der Waals surface area contributed by atoms with E-state index in [1.165, 1.54) is 0 Å². The van der Waals surface area contributed by atoms with Crippen molar-refractivity contribution in [3.05, 3.63) is 0 Å². The Kier molecular flexibility index (Phi) is 2.11. The molecular weight excluding hydrogens is 226 g/mol. The van der Waals surface area contributed by atoms with Gasteiger partial charge in [0.1, 0.15) is 0 Å². The normalized spacial score (nSPS) is 9.00. The summed E-state index contributed by atoms with van der Waals surface area (Å²) in [6.45, 7) is 0. The Morgan fingerprint density at radius 1 is 1.00 bits per heavy atom. The van der Waals surface area contributed by atoms with E-state index in [9.17, 15) is 0 Å². The molecule has 0 spiro atoms. The van der Waals surface area contributed by atoms with Crippen molar-refractivity contribution in [1.82, 2.24) is 0 Å². The molecule has 0 rings (SSSR count). The van der Waals surface area contributed by atoms with Gasteiger partial charge in [-0.15, -0.1) is 0 Å². The third-order valence-electron chi connectivity index (χ3n) is 0. The third-order valence-corrected chi connectivity index (χ3v) is 0. The average Bonchev–Trinajstić information content (AvgIpc) is 0.811. The van der Waals surface area contributed by atoms with Crippen molar-refractivity contribution < 1.29 is 18.1 Å². The van der Waals surface area contributed by atoms with Crippen LogP contribution in [-0.4, -0.2) is 0 Å². The van der Waals surface area contributed by atoms with Gasteiger partial charge in [-0.3, -0.25) is 0 Å². The van der Waals surface area contributed by atoms with Crippen LogP contribution in [-0.2, 0) is 18.1 Å². The van der Waals surface area contributed by atoms with Gasteiger partial charge in [0.2, 0.25) is 0 Å². The van der Waals surface area contributed by atoms with Crippen LogP contribution in [0.5, 0.6) is 0 Å². The Hall–Kier alpha value is 0.568. The van der Waals surface area contributed by atoms with Crippen LogP contribution < -0.4 is 12.9 Å². The summed E-state index contributed by atoms with van der Waals surface area (Å²) in [6.07, 6.45) is 0. The Bertz CT molecular complexity index is 8.00. The summed E-state index contributed by atoms with van der Waals surface area (Å²) in [6, 6.07) is 0. The van der Waals surface area contributed by atoms with Crippen molar-refractivity contribution in [3.8, 4) is 0 Å². The molecule has 0 unspecified atom stereocenters. The van der Waals surface area contributed by atoms with Crippen molar-refractivity contribution >= 4 is 0 Å². The predicted molar refractivity (Wildman–Crippen MR) is 12.6 cm³/mol. The number of nitrogens with two attached hydrogens (primary N) is 3. The molecule has 0 aliphatic heterocycles. The summed E-state index contributed by atoms with van der Waals surface area (Å²) in [7, 11) is 0. The molecule has 4 heavy (non-hydrogen) atoms. The molecule has 0 fully saturated rings. The molecule has 0 saturated heterocycles. The molecule has 0 aromatic carbocycles. The number of hydrogen-bond donors (Lipinski definition) is 3. The van der Waals surface area contributed by atoms with Crippen LogP contribution in [0.2, 0.25) is 0 Å². The molecule has 4 heteroatoms. The first kappa shape index (κ1) is 4.57. The zero-order valence-electron chi connectivity index (χ0n) is 2.14. The molecule has 0 aliphatic rings. The predicted octanol–water partition coefficient (Wildman–Crippen LogP) is -1.77. The summed E-state index contributed by atoms with van der Waals surface area (Å²) in [4.78, 5) is 0. The second kappa shape index (κ2) is 1.85. The Labute approximate surface area is 31.6 Å².